The fourth-order valence-electron chi connectivity index (χ4n) is 1.87. The van der Waals surface area contributed by atoms with Gasteiger partial charge in [0.15, 0.2) is 0 Å². The molecule has 19 heavy (non-hydrogen) atoms. The molecular weight excluding hydrogens is 246 g/mol. The number of hydrogen-bond acceptors (Lipinski definition) is 4. The molecule has 0 amide bonds. The van der Waals surface area contributed by atoms with E-state index in [4.69, 9.17) is 0 Å². The van der Waals surface area contributed by atoms with E-state index in [1.54, 1.807) is 25.6 Å². The molecule has 0 aromatic carbocycles. The Labute approximate surface area is 109 Å². The molecule has 7 heteroatoms. The first kappa shape index (κ1) is 13.3. The Hall–Kier alpha value is -2.15. The maximum Gasteiger partial charge on any atom is 0.330 e. The molecule has 0 unspecified atom stereocenters. The first-order valence-electron chi connectivity index (χ1n) is 6.04. The summed E-state index contributed by atoms with van der Waals surface area (Å²) in [6.07, 6.45) is 5.82. The van der Waals surface area contributed by atoms with Crippen molar-refractivity contribution in [2.75, 3.05) is 6.54 Å². The van der Waals surface area contributed by atoms with Crippen LogP contribution in [0.4, 0.5) is 0 Å². The van der Waals surface area contributed by atoms with E-state index < -0.39 is 0 Å². The quantitative estimate of drug-likeness (QED) is 0.687. The molecule has 0 aliphatic heterocycles. The maximum absolute atomic E-state index is 11.9. The molecule has 0 radical (unpaired) electrons. The molecule has 0 bridgehead atoms. The first-order chi connectivity index (χ1) is 9.09. The Kier molecular flexibility index (Phi) is 3.96. The van der Waals surface area contributed by atoms with Gasteiger partial charge in [-0.1, -0.05) is 0 Å². The lowest BCUT2D eigenvalue weighted by atomic mass is 10.3. The molecule has 0 spiro atoms. The number of nitrogens with one attached hydrogen (secondary N) is 2. The van der Waals surface area contributed by atoms with Crippen molar-refractivity contribution in [2.45, 2.75) is 13.0 Å². The Balaban J connectivity index is 1.97. The van der Waals surface area contributed by atoms with Crippen molar-refractivity contribution in [3.8, 4) is 0 Å². The molecule has 2 aromatic rings. The third-order valence-corrected chi connectivity index (χ3v) is 2.93. The fraction of sp³-hybridized carbons (Fsp3) is 0.417. The van der Waals surface area contributed by atoms with Gasteiger partial charge >= 0.3 is 5.69 Å². The van der Waals surface area contributed by atoms with E-state index in [-0.39, 0.29) is 11.2 Å². The van der Waals surface area contributed by atoms with Gasteiger partial charge in [0.25, 0.3) is 5.56 Å². The highest BCUT2D eigenvalue weighted by Crippen LogP contribution is 1.90. The summed E-state index contributed by atoms with van der Waals surface area (Å²) in [4.78, 5) is 30.5. The van der Waals surface area contributed by atoms with Gasteiger partial charge in [-0.3, -0.25) is 9.36 Å². The molecule has 2 aromatic heterocycles. The van der Waals surface area contributed by atoms with Crippen molar-refractivity contribution in [1.82, 2.24) is 24.4 Å². The number of nitrogens with zero attached hydrogens (tertiary/aromatic N) is 3. The molecule has 0 saturated carbocycles. The second kappa shape index (κ2) is 5.66. The molecule has 2 N–H and O–H groups in total. The smallest absolute Gasteiger partial charge is 0.330 e. The Bertz CT molecular complexity index is 654. The van der Waals surface area contributed by atoms with Crippen molar-refractivity contribution in [1.29, 1.82) is 0 Å². The van der Waals surface area contributed by atoms with Crippen LogP contribution in [0.2, 0.25) is 0 Å². The topological polar surface area (TPSA) is 84.7 Å². The van der Waals surface area contributed by atoms with Crippen LogP contribution in [0.3, 0.4) is 0 Å². The average Bonchev–Trinajstić information content (AvgIpc) is 2.91. The van der Waals surface area contributed by atoms with E-state index in [9.17, 15) is 9.59 Å². The van der Waals surface area contributed by atoms with Crippen LogP contribution < -0.4 is 16.6 Å². The van der Waals surface area contributed by atoms with E-state index in [0.29, 0.717) is 18.7 Å². The van der Waals surface area contributed by atoms with E-state index in [0.717, 1.165) is 16.8 Å². The van der Waals surface area contributed by atoms with Crippen LogP contribution >= 0.6 is 0 Å². The number of H-pyrrole nitrogens is 1. The minimum atomic E-state index is -0.315. The van der Waals surface area contributed by atoms with Gasteiger partial charge in [0.2, 0.25) is 0 Å². The fourth-order valence-corrected chi connectivity index (χ4v) is 1.87. The monoisotopic (exact) mass is 263 g/mol. The molecule has 0 aliphatic rings. The standard InChI is InChI=1S/C12H17N5O2/c1-16-8-9(11(18)17(2)12(16)19)7-13-4-3-10-14-5-6-15-10/h5-6,8,13H,3-4,7H2,1-2H3,(H,14,15). The maximum atomic E-state index is 11.9. The lowest BCUT2D eigenvalue weighted by molar-refractivity contribution is 0.626. The summed E-state index contributed by atoms with van der Waals surface area (Å²) in [5, 5.41) is 3.17. The van der Waals surface area contributed by atoms with E-state index in [2.05, 4.69) is 15.3 Å². The molecule has 0 atom stereocenters. The van der Waals surface area contributed by atoms with Crippen molar-refractivity contribution < 1.29 is 0 Å². The summed E-state index contributed by atoms with van der Waals surface area (Å²) in [5.74, 6) is 0.904. The molecule has 0 aliphatic carbocycles. The van der Waals surface area contributed by atoms with Gasteiger partial charge in [0.1, 0.15) is 5.82 Å². The first-order valence-corrected chi connectivity index (χ1v) is 6.04. The lowest BCUT2D eigenvalue weighted by Gasteiger charge is -2.07. The SMILES string of the molecule is Cn1cc(CNCCc2ncc[nH]2)c(=O)n(C)c1=O. The molecule has 0 fully saturated rings. The molecule has 102 valence electrons. The second-order valence-electron chi connectivity index (χ2n) is 4.37. The van der Waals surface area contributed by atoms with Crippen LogP contribution in [0.15, 0.2) is 28.2 Å². The van der Waals surface area contributed by atoms with E-state index in [1.807, 2.05) is 0 Å². The minimum Gasteiger partial charge on any atom is -0.349 e. The van der Waals surface area contributed by atoms with Crippen LogP contribution in [0.25, 0.3) is 0 Å². The van der Waals surface area contributed by atoms with Crippen molar-refractivity contribution in [3.63, 3.8) is 0 Å². The molecule has 2 rings (SSSR count). The van der Waals surface area contributed by atoms with Crippen molar-refractivity contribution in [2.24, 2.45) is 14.1 Å². The van der Waals surface area contributed by atoms with Crippen molar-refractivity contribution in [3.05, 3.63) is 50.8 Å². The van der Waals surface area contributed by atoms with Crippen LogP contribution in [0.5, 0.6) is 0 Å². The average molecular weight is 263 g/mol. The van der Waals surface area contributed by atoms with E-state index >= 15 is 0 Å². The zero-order chi connectivity index (χ0) is 13.8. The highest BCUT2D eigenvalue weighted by molar-refractivity contribution is 5.05. The summed E-state index contributed by atoms with van der Waals surface area (Å²) in [7, 11) is 3.12. The highest BCUT2D eigenvalue weighted by atomic mass is 16.2. The largest absolute Gasteiger partial charge is 0.349 e. The zero-order valence-electron chi connectivity index (χ0n) is 11.0. The predicted molar refractivity (Wildman–Crippen MR) is 70.9 cm³/mol. The number of aromatic amines is 1. The Morgan fingerprint density at radius 2 is 2.16 bits per heavy atom. The third-order valence-electron chi connectivity index (χ3n) is 2.93. The van der Waals surface area contributed by atoms with Gasteiger partial charge in [-0.25, -0.2) is 9.78 Å². The van der Waals surface area contributed by atoms with Crippen LogP contribution in [-0.4, -0.2) is 25.6 Å². The van der Waals surface area contributed by atoms with E-state index in [1.165, 1.54) is 11.6 Å². The van der Waals surface area contributed by atoms with Gasteiger partial charge in [0, 0.05) is 57.8 Å². The molecule has 2 heterocycles. The lowest BCUT2D eigenvalue weighted by Crippen LogP contribution is -2.39. The van der Waals surface area contributed by atoms with Crippen molar-refractivity contribution >= 4 is 0 Å². The van der Waals surface area contributed by atoms with Gasteiger partial charge in [-0.05, 0) is 0 Å². The van der Waals surface area contributed by atoms with Gasteiger partial charge < -0.3 is 14.9 Å². The predicted octanol–water partition coefficient (Wildman–Crippen LogP) is -0.861. The van der Waals surface area contributed by atoms with Crippen LogP contribution in [0.1, 0.15) is 11.4 Å². The number of hydrogen-bond donors (Lipinski definition) is 2. The number of aromatic nitrogens is 4. The summed E-state index contributed by atoms with van der Waals surface area (Å²) in [5.41, 5.74) is 0.00183. The Morgan fingerprint density at radius 1 is 1.37 bits per heavy atom. The zero-order valence-corrected chi connectivity index (χ0v) is 11.0. The third kappa shape index (κ3) is 3.00. The second-order valence-corrected chi connectivity index (χ2v) is 4.37. The summed E-state index contributed by atoms with van der Waals surface area (Å²) >= 11 is 0. The number of rotatable bonds is 5. The molecule has 7 nitrogen and oxygen atoms in total. The molecular formula is C12H17N5O2. The van der Waals surface area contributed by atoms with Gasteiger partial charge in [-0.2, -0.15) is 0 Å². The number of aryl methyl sites for hydroxylation is 1. The highest BCUT2D eigenvalue weighted by Gasteiger charge is 2.06. The minimum absolute atomic E-state index is 0.256. The number of imidazole rings is 1. The summed E-state index contributed by atoms with van der Waals surface area (Å²) < 4.78 is 2.52. The normalized spacial score (nSPS) is 10.8. The molecule has 0 saturated heterocycles. The van der Waals surface area contributed by atoms with Gasteiger partial charge in [0.05, 0.1) is 0 Å². The van der Waals surface area contributed by atoms with Crippen LogP contribution in [-0.2, 0) is 27.1 Å². The Morgan fingerprint density at radius 3 is 2.84 bits per heavy atom. The summed E-state index contributed by atoms with van der Waals surface area (Å²) in [6, 6.07) is 0. The van der Waals surface area contributed by atoms with Crippen LogP contribution in [0, 0.1) is 0 Å². The van der Waals surface area contributed by atoms with Gasteiger partial charge in [-0.15, -0.1) is 0 Å². The summed E-state index contributed by atoms with van der Waals surface area (Å²) in [6.45, 7) is 1.14.